The molecular weight excluding hydrogens is 284 g/mol. The monoisotopic (exact) mass is 304 g/mol. The molecule has 0 bridgehead atoms. The highest BCUT2D eigenvalue weighted by atomic mass is 35.5. The van der Waals surface area contributed by atoms with Gasteiger partial charge < -0.3 is 15.8 Å². The number of benzene rings is 1. The lowest BCUT2D eigenvalue weighted by Crippen LogP contribution is -2.19. The van der Waals surface area contributed by atoms with Gasteiger partial charge in [-0.1, -0.05) is 20.8 Å². The summed E-state index contributed by atoms with van der Waals surface area (Å²) < 4.78 is 5.16. The lowest BCUT2D eigenvalue weighted by molar-refractivity contribution is -0.113. The number of carbonyl (C=O) groups excluding carboxylic acids is 1. The third-order valence-corrected chi connectivity index (χ3v) is 3.44. The van der Waals surface area contributed by atoms with Crippen LogP contribution in [-0.4, -0.2) is 23.5 Å². The summed E-state index contributed by atoms with van der Waals surface area (Å²) in [7, 11) is 1.58. The number of carbonyl (C=O) groups is 1. The van der Waals surface area contributed by atoms with Crippen LogP contribution in [0.4, 0.5) is 11.4 Å². The van der Waals surface area contributed by atoms with E-state index in [1.54, 1.807) is 37.1 Å². The van der Waals surface area contributed by atoms with Crippen LogP contribution in [0, 0.1) is 0 Å². The maximum Gasteiger partial charge on any atom is 0.234 e. The first-order valence-electron chi connectivity index (χ1n) is 5.69. The van der Waals surface area contributed by atoms with Crippen LogP contribution in [0.15, 0.2) is 18.2 Å². The van der Waals surface area contributed by atoms with Crippen molar-refractivity contribution in [2.45, 2.75) is 25.5 Å². The van der Waals surface area contributed by atoms with Crippen LogP contribution in [0.25, 0.3) is 0 Å². The van der Waals surface area contributed by atoms with Gasteiger partial charge in [0.25, 0.3) is 0 Å². The summed E-state index contributed by atoms with van der Waals surface area (Å²) in [5, 5.41) is 2.79. The van der Waals surface area contributed by atoms with E-state index in [4.69, 9.17) is 10.5 Å². The molecule has 0 heterocycles. The van der Waals surface area contributed by atoms with Crippen LogP contribution in [0.1, 0.15) is 20.8 Å². The van der Waals surface area contributed by atoms with Crippen molar-refractivity contribution in [2.75, 3.05) is 23.9 Å². The summed E-state index contributed by atoms with van der Waals surface area (Å²) in [6.45, 7) is 6.22. The summed E-state index contributed by atoms with van der Waals surface area (Å²) in [5.74, 6) is 1.01. The third-order valence-electron chi connectivity index (χ3n) is 2.17. The summed E-state index contributed by atoms with van der Waals surface area (Å²) in [4.78, 5) is 11.8. The molecule has 1 rings (SSSR count). The number of thioether (sulfide) groups is 1. The van der Waals surface area contributed by atoms with Gasteiger partial charge in [0.05, 0.1) is 24.2 Å². The van der Waals surface area contributed by atoms with Crippen molar-refractivity contribution in [3.05, 3.63) is 18.2 Å². The second-order valence-corrected chi connectivity index (χ2v) is 6.70. The van der Waals surface area contributed by atoms with E-state index in [9.17, 15) is 4.79 Å². The number of amides is 1. The van der Waals surface area contributed by atoms with Crippen molar-refractivity contribution < 1.29 is 9.53 Å². The molecule has 0 spiro atoms. The maximum atomic E-state index is 11.8. The number of nitrogens with two attached hydrogens (primary N) is 1. The molecule has 19 heavy (non-hydrogen) atoms. The summed E-state index contributed by atoms with van der Waals surface area (Å²) in [6, 6.07) is 5.19. The van der Waals surface area contributed by atoms with Gasteiger partial charge in [-0.05, 0) is 12.1 Å². The molecule has 0 radical (unpaired) electrons. The largest absolute Gasteiger partial charge is 0.497 e. The van der Waals surface area contributed by atoms with Crippen LogP contribution in [0.3, 0.4) is 0 Å². The van der Waals surface area contributed by atoms with Gasteiger partial charge in [-0.25, -0.2) is 0 Å². The Hall–Kier alpha value is -1.07. The van der Waals surface area contributed by atoms with E-state index in [-0.39, 0.29) is 23.1 Å². The standard InChI is InChI=1S/C13H20N2O2S.ClH/c1-13(2,3)18-8-12(16)15-11-7-9(17-4)5-6-10(11)14;/h5-7H,8,14H2,1-4H3,(H,15,16);1H. The van der Waals surface area contributed by atoms with E-state index in [1.807, 2.05) is 0 Å². The van der Waals surface area contributed by atoms with Crippen LogP contribution >= 0.6 is 24.2 Å². The first kappa shape index (κ1) is 17.9. The SMILES string of the molecule is COc1ccc(N)c(NC(=O)CSC(C)(C)C)c1.Cl. The Kier molecular flexibility index (Phi) is 7.08. The third kappa shape index (κ3) is 6.59. The molecular formula is C13H21ClN2O2S. The molecule has 0 aromatic heterocycles. The number of nitrogens with one attached hydrogen (secondary N) is 1. The molecule has 0 atom stereocenters. The van der Waals surface area contributed by atoms with E-state index < -0.39 is 0 Å². The minimum atomic E-state index is -0.0603. The minimum absolute atomic E-state index is 0. The van der Waals surface area contributed by atoms with Gasteiger partial charge in [0, 0.05) is 10.8 Å². The van der Waals surface area contributed by atoms with Crippen molar-refractivity contribution in [2.24, 2.45) is 0 Å². The van der Waals surface area contributed by atoms with Gasteiger partial charge in [-0.3, -0.25) is 4.79 Å². The average Bonchev–Trinajstić information content (AvgIpc) is 2.28. The Morgan fingerprint density at radius 1 is 1.42 bits per heavy atom. The molecule has 0 saturated heterocycles. The Morgan fingerprint density at radius 2 is 2.05 bits per heavy atom. The Balaban J connectivity index is 0.00000324. The van der Waals surface area contributed by atoms with E-state index in [0.717, 1.165) is 0 Å². The lowest BCUT2D eigenvalue weighted by Gasteiger charge is -2.17. The van der Waals surface area contributed by atoms with Gasteiger partial charge in [-0.15, -0.1) is 24.2 Å². The number of rotatable bonds is 4. The van der Waals surface area contributed by atoms with Crippen molar-refractivity contribution >= 4 is 41.5 Å². The molecule has 6 heteroatoms. The molecule has 3 N–H and O–H groups in total. The predicted octanol–water partition coefficient (Wildman–Crippen LogP) is 3.17. The average molecular weight is 305 g/mol. The predicted molar refractivity (Wildman–Crippen MR) is 85.5 cm³/mol. The molecule has 0 aliphatic rings. The Morgan fingerprint density at radius 3 is 2.58 bits per heavy atom. The Labute approximate surface area is 124 Å². The van der Waals surface area contributed by atoms with Crippen LogP contribution in [0.2, 0.25) is 0 Å². The summed E-state index contributed by atoms with van der Waals surface area (Å²) >= 11 is 1.59. The summed E-state index contributed by atoms with van der Waals surface area (Å²) in [5.41, 5.74) is 6.92. The number of ether oxygens (including phenoxy) is 1. The zero-order valence-corrected chi connectivity index (χ0v) is 13.3. The van der Waals surface area contributed by atoms with Gasteiger partial charge in [0.15, 0.2) is 0 Å². The summed E-state index contributed by atoms with van der Waals surface area (Å²) in [6.07, 6.45) is 0. The minimum Gasteiger partial charge on any atom is -0.497 e. The fraction of sp³-hybridized carbons (Fsp3) is 0.462. The molecule has 0 saturated carbocycles. The molecule has 1 amide bonds. The smallest absolute Gasteiger partial charge is 0.234 e. The number of halogens is 1. The molecule has 0 aliphatic heterocycles. The number of hydrogen-bond acceptors (Lipinski definition) is 4. The van der Waals surface area contributed by atoms with Gasteiger partial charge in [-0.2, -0.15) is 0 Å². The maximum absolute atomic E-state index is 11.8. The zero-order chi connectivity index (χ0) is 13.8. The normalized spacial score (nSPS) is 10.5. The highest BCUT2D eigenvalue weighted by Crippen LogP contribution is 2.26. The van der Waals surface area contributed by atoms with E-state index >= 15 is 0 Å². The number of hydrogen-bond donors (Lipinski definition) is 2. The van der Waals surface area contributed by atoms with E-state index in [1.165, 1.54) is 0 Å². The van der Waals surface area contributed by atoms with Crippen molar-refractivity contribution in [3.63, 3.8) is 0 Å². The molecule has 0 aliphatic carbocycles. The first-order valence-corrected chi connectivity index (χ1v) is 6.68. The lowest BCUT2D eigenvalue weighted by atomic mass is 10.2. The van der Waals surface area contributed by atoms with Crippen molar-refractivity contribution in [1.82, 2.24) is 0 Å². The van der Waals surface area contributed by atoms with Gasteiger partial charge in [0.1, 0.15) is 5.75 Å². The fourth-order valence-corrected chi connectivity index (χ4v) is 1.88. The first-order chi connectivity index (χ1) is 8.31. The quantitative estimate of drug-likeness (QED) is 0.839. The fourth-order valence-electron chi connectivity index (χ4n) is 1.24. The van der Waals surface area contributed by atoms with Crippen LogP contribution in [-0.2, 0) is 4.79 Å². The Bertz CT molecular complexity index is 433. The molecule has 0 unspecified atom stereocenters. The second kappa shape index (κ2) is 7.50. The highest BCUT2D eigenvalue weighted by molar-refractivity contribution is 8.01. The molecule has 4 nitrogen and oxygen atoms in total. The van der Waals surface area contributed by atoms with Crippen molar-refractivity contribution in [3.8, 4) is 5.75 Å². The van der Waals surface area contributed by atoms with Crippen LogP contribution in [0.5, 0.6) is 5.75 Å². The number of nitrogen functional groups attached to an aromatic ring is 1. The number of anilines is 2. The van der Waals surface area contributed by atoms with Gasteiger partial charge in [0.2, 0.25) is 5.91 Å². The van der Waals surface area contributed by atoms with Gasteiger partial charge >= 0.3 is 0 Å². The molecule has 1 aromatic carbocycles. The van der Waals surface area contributed by atoms with Crippen molar-refractivity contribution in [1.29, 1.82) is 0 Å². The van der Waals surface area contributed by atoms with Crippen LogP contribution < -0.4 is 15.8 Å². The number of methoxy groups -OCH3 is 1. The topological polar surface area (TPSA) is 64.3 Å². The molecule has 108 valence electrons. The molecule has 0 fully saturated rings. The molecule has 1 aromatic rings. The van der Waals surface area contributed by atoms with E-state index in [0.29, 0.717) is 22.9 Å². The van der Waals surface area contributed by atoms with E-state index in [2.05, 4.69) is 26.1 Å². The second-order valence-electron chi connectivity index (χ2n) is 4.90. The highest BCUT2D eigenvalue weighted by Gasteiger charge is 2.14. The zero-order valence-electron chi connectivity index (χ0n) is 11.6.